The minimum Gasteiger partial charge on any atom is -0.339 e. The van der Waals surface area contributed by atoms with Crippen molar-refractivity contribution in [1.82, 2.24) is 20.6 Å². The largest absolute Gasteiger partial charge is 0.339 e. The molecule has 0 bridgehead atoms. The predicted molar refractivity (Wildman–Crippen MR) is 108 cm³/mol. The number of amides is 2. The zero-order chi connectivity index (χ0) is 19.6. The summed E-state index contributed by atoms with van der Waals surface area (Å²) in [6, 6.07) is 8.97. The van der Waals surface area contributed by atoms with E-state index in [0.29, 0.717) is 16.8 Å². The first-order valence-corrected chi connectivity index (χ1v) is 9.36. The van der Waals surface area contributed by atoms with Gasteiger partial charge in [-0.05, 0) is 27.6 Å². The molecule has 1 saturated heterocycles. The molecule has 1 unspecified atom stereocenters. The number of carbonyl (C=O) groups excluding carboxylic acids is 2. The molecule has 7 heteroatoms. The number of allylic oxidation sites excluding steroid dienone is 1. The molecule has 0 saturated carbocycles. The molecule has 1 fully saturated rings. The van der Waals surface area contributed by atoms with Gasteiger partial charge < -0.3 is 15.6 Å². The highest BCUT2D eigenvalue weighted by atomic mass is 79.9. The second-order valence-electron chi connectivity index (χ2n) is 6.98. The third kappa shape index (κ3) is 4.19. The van der Waals surface area contributed by atoms with Crippen molar-refractivity contribution in [2.75, 3.05) is 0 Å². The molecule has 0 radical (unpaired) electrons. The summed E-state index contributed by atoms with van der Waals surface area (Å²) < 4.78 is 0.545. The lowest BCUT2D eigenvalue weighted by atomic mass is 9.88. The maximum Gasteiger partial charge on any atom is 0.268 e. The molecule has 1 atom stereocenters. The van der Waals surface area contributed by atoms with Crippen LogP contribution in [-0.4, -0.2) is 27.8 Å². The first-order valence-electron chi connectivity index (χ1n) is 8.57. The molecule has 2 heterocycles. The van der Waals surface area contributed by atoms with Gasteiger partial charge in [0.1, 0.15) is 11.7 Å². The summed E-state index contributed by atoms with van der Waals surface area (Å²) >= 11 is 3.32. The quantitative estimate of drug-likeness (QED) is 0.505. The Balaban J connectivity index is 1.83. The summed E-state index contributed by atoms with van der Waals surface area (Å²) in [6.45, 7) is 7.82. The van der Waals surface area contributed by atoms with E-state index >= 15 is 0 Å². The Kier molecular flexibility index (Phi) is 5.32. The maximum absolute atomic E-state index is 12.5. The third-order valence-corrected chi connectivity index (χ3v) is 4.92. The van der Waals surface area contributed by atoms with Crippen LogP contribution in [-0.2, 0) is 21.4 Å². The number of hydrogen-bond acceptors (Lipinski definition) is 3. The molecule has 0 spiro atoms. The van der Waals surface area contributed by atoms with Crippen molar-refractivity contribution >= 4 is 33.8 Å². The number of H-pyrrole nitrogens is 1. The lowest BCUT2D eigenvalue weighted by Crippen LogP contribution is -2.55. The van der Waals surface area contributed by atoms with E-state index in [1.807, 2.05) is 44.2 Å². The van der Waals surface area contributed by atoms with Gasteiger partial charge in [-0.15, -0.1) is 6.58 Å². The lowest BCUT2D eigenvalue weighted by Gasteiger charge is -2.25. The fourth-order valence-electron chi connectivity index (χ4n) is 2.86. The van der Waals surface area contributed by atoms with Crippen LogP contribution in [0, 0.1) is 0 Å². The van der Waals surface area contributed by atoms with Crippen molar-refractivity contribution in [3.05, 3.63) is 70.4 Å². The average Bonchev–Trinajstić information content (AvgIpc) is 3.01. The third-order valence-electron chi connectivity index (χ3n) is 4.55. The van der Waals surface area contributed by atoms with E-state index in [2.05, 4.69) is 43.1 Å². The molecule has 1 aromatic carbocycles. The van der Waals surface area contributed by atoms with E-state index in [-0.39, 0.29) is 22.9 Å². The van der Waals surface area contributed by atoms with Crippen molar-refractivity contribution < 1.29 is 9.59 Å². The van der Waals surface area contributed by atoms with E-state index in [1.165, 1.54) is 0 Å². The lowest BCUT2D eigenvalue weighted by molar-refractivity contribution is -0.131. The van der Waals surface area contributed by atoms with Gasteiger partial charge in [-0.25, -0.2) is 4.98 Å². The van der Waals surface area contributed by atoms with Crippen molar-refractivity contribution in [3.63, 3.8) is 0 Å². The van der Waals surface area contributed by atoms with E-state index in [4.69, 9.17) is 0 Å². The molecule has 1 aliphatic heterocycles. The van der Waals surface area contributed by atoms with Crippen molar-refractivity contribution in [2.45, 2.75) is 31.7 Å². The first kappa shape index (κ1) is 19.1. The van der Waals surface area contributed by atoms with Crippen LogP contribution >= 0.6 is 15.9 Å². The molecular weight excluding hydrogens is 408 g/mol. The smallest absolute Gasteiger partial charge is 0.268 e. The number of nitrogens with zero attached hydrogens (tertiary/aromatic N) is 1. The normalized spacial score (nSPS) is 18.9. The van der Waals surface area contributed by atoms with Crippen molar-refractivity contribution in [2.24, 2.45) is 0 Å². The Morgan fingerprint density at radius 2 is 1.96 bits per heavy atom. The van der Waals surface area contributed by atoms with Crippen LogP contribution in [0.5, 0.6) is 0 Å². The Morgan fingerprint density at radius 3 is 2.63 bits per heavy atom. The number of carbonyl (C=O) groups is 2. The monoisotopic (exact) mass is 428 g/mol. The number of rotatable bonds is 5. The Bertz CT molecular complexity index is 915. The van der Waals surface area contributed by atoms with Gasteiger partial charge in [0.05, 0.1) is 11.4 Å². The Hall–Kier alpha value is -2.67. The summed E-state index contributed by atoms with van der Waals surface area (Å²) in [6.07, 6.45) is 3.81. The van der Waals surface area contributed by atoms with Gasteiger partial charge in [0.25, 0.3) is 5.91 Å². The van der Waals surface area contributed by atoms with Gasteiger partial charge in [0.2, 0.25) is 5.91 Å². The molecule has 2 amide bonds. The number of benzene rings is 1. The molecule has 3 rings (SSSR count). The molecule has 0 aliphatic carbocycles. The van der Waals surface area contributed by atoms with Gasteiger partial charge in [-0.1, -0.05) is 50.3 Å². The van der Waals surface area contributed by atoms with Crippen LogP contribution in [0.2, 0.25) is 0 Å². The summed E-state index contributed by atoms with van der Waals surface area (Å²) in [4.78, 5) is 32.5. The number of aromatic amines is 1. The van der Waals surface area contributed by atoms with Crippen LogP contribution in [0.15, 0.2) is 53.4 Å². The fraction of sp³-hybridized carbons (Fsp3) is 0.250. The highest BCUT2D eigenvalue weighted by Gasteiger charge is 2.31. The average molecular weight is 429 g/mol. The van der Waals surface area contributed by atoms with Gasteiger partial charge in [-0.2, -0.15) is 0 Å². The minimum atomic E-state index is -0.605. The zero-order valence-electron chi connectivity index (χ0n) is 15.2. The fourth-order valence-corrected chi connectivity index (χ4v) is 3.25. The van der Waals surface area contributed by atoms with E-state index in [9.17, 15) is 9.59 Å². The molecule has 6 nitrogen and oxygen atoms in total. The van der Waals surface area contributed by atoms with E-state index < -0.39 is 6.04 Å². The highest BCUT2D eigenvalue weighted by molar-refractivity contribution is 9.10. The summed E-state index contributed by atoms with van der Waals surface area (Å²) in [5.41, 5.74) is 2.14. The van der Waals surface area contributed by atoms with E-state index in [1.54, 1.807) is 12.2 Å². The summed E-state index contributed by atoms with van der Waals surface area (Å²) in [5, 5.41) is 5.48. The van der Waals surface area contributed by atoms with Crippen LogP contribution < -0.4 is 10.6 Å². The predicted octanol–water partition coefficient (Wildman–Crippen LogP) is 2.83. The second kappa shape index (κ2) is 7.52. The van der Waals surface area contributed by atoms with Crippen molar-refractivity contribution in [1.29, 1.82) is 0 Å². The van der Waals surface area contributed by atoms with Crippen LogP contribution in [0.25, 0.3) is 6.08 Å². The second-order valence-corrected chi connectivity index (χ2v) is 7.73. The highest BCUT2D eigenvalue weighted by Crippen LogP contribution is 2.28. The Labute approximate surface area is 166 Å². The summed E-state index contributed by atoms with van der Waals surface area (Å²) in [5.74, 6) is -0.583. The number of imidazole rings is 1. The van der Waals surface area contributed by atoms with Gasteiger partial charge in [-0.3, -0.25) is 9.59 Å². The molecular formula is C20H21BrN4O2. The Morgan fingerprint density at radius 1 is 1.26 bits per heavy atom. The SMILES string of the molecule is C=CC(C)(C)c1[nH]c(Br)nc1/C=C1\NC(=O)C(Cc2ccccc2)NC1=O. The molecule has 1 aliphatic rings. The van der Waals surface area contributed by atoms with Crippen LogP contribution in [0.1, 0.15) is 30.8 Å². The van der Waals surface area contributed by atoms with Crippen LogP contribution in [0.4, 0.5) is 0 Å². The van der Waals surface area contributed by atoms with Gasteiger partial charge in [0, 0.05) is 11.8 Å². The topological polar surface area (TPSA) is 86.9 Å². The summed E-state index contributed by atoms with van der Waals surface area (Å²) in [7, 11) is 0. The number of nitrogens with one attached hydrogen (secondary N) is 3. The number of halogens is 1. The van der Waals surface area contributed by atoms with Crippen molar-refractivity contribution in [3.8, 4) is 0 Å². The van der Waals surface area contributed by atoms with Crippen LogP contribution in [0.3, 0.4) is 0 Å². The minimum absolute atomic E-state index is 0.171. The first-order chi connectivity index (χ1) is 12.8. The van der Waals surface area contributed by atoms with Gasteiger partial charge >= 0.3 is 0 Å². The number of piperazine rings is 1. The zero-order valence-corrected chi connectivity index (χ0v) is 16.8. The number of hydrogen-bond donors (Lipinski definition) is 3. The molecule has 1 aromatic heterocycles. The molecule has 140 valence electrons. The standard InChI is InChI=1S/C20H21BrN4O2/c1-4-20(2,3)16-13(24-19(21)25-16)11-15-18(27)22-14(17(26)23-15)10-12-8-6-5-7-9-12/h4-9,11,14H,1,10H2,2-3H3,(H,22,27)(H,23,26)(H,24,25)/b15-11-. The maximum atomic E-state index is 12.5. The van der Waals surface area contributed by atoms with E-state index in [0.717, 1.165) is 11.3 Å². The molecule has 2 aromatic rings. The number of aromatic nitrogens is 2. The molecule has 3 N–H and O–H groups in total. The van der Waals surface area contributed by atoms with Gasteiger partial charge in [0.15, 0.2) is 4.73 Å². The molecule has 27 heavy (non-hydrogen) atoms.